The van der Waals surface area contributed by atoms with Crippen molar-refractivity contribution in [1.82, 2.24) is 0 Å². The van der Waals surface area contributed by atoms with Crippen LogP contribution in [0.25, 0.3) is 0 Å². The van der Waals surface area contributed by atoms with Crippen molar-refractivity contribution in [3.8, 4) is 0 Å². The average molecular weight is 439 g/mol. The van der Waals surface area contributed by atoms with Gasteiger partial charge in [-0.1, -0.05) is 149 Å². The quantitative estimate of drug-likeness (QED) is 0.144. The second kappa shape index (κ2) is 24.1. The van der Waals surface area contributed by atoms with E-state index in [2.05, 4.69) is 20.8 Å². The fourth-order valence-electron chi connectivity index (χ4n) is 4.91. The van der Waals surface area contributed by atoms with Crippen LogP contribution in [0.15, 0.2) is 0 Å². The zero-order valence-electron chi connectivity index (χ0n) is 21.8. The van der Waals surface area contributed by atoms with Gasteiger partial charge in [0.25, 0.3) is 0 Å². The Morgan fingerprint density at radius 2 is 0.871 bits per heavy atom. The molecule has 0 radical (unpaired) electrons. The Morgan fingerprint density at radius 1 is 0.548 bits per heavy atom. The smallest absolute Gasteiger partial charge is 0.303 e. The van der Waals surface area contributed by atoms with Crippen LogP contribution in [0, 0.1) is 11.8 Å². The highest BCUT2D eigenvalue weighted by molar-refractivity contribution is 5.66. The molecule has 2 heteroatoms. The lowest BCUT2D eigenvalue weighted by atomic mass is 9.89. The van der Waals surface area contributed by atoms with Gasteiger partial charge in [0.1, 0.15) is 0 Å². The summed E-state index contributed by atoms with van der Waals surface area (Å²) in [5.74, 6) is 1.20. The van der Waals surface area contributed by atoms with Gasteiger partial charge in [0.15, 0.2) is 0 Å². The standard InChI is InChI=1S/C29H58O2/c1-4-5-6-20-23-27(2)26-28(3)24-21-18-16-14-12-10-8-7-9-11-13-15-17-19-22-25-29(30)31/h27-28H,4-26H2,1-3H3,(H,30,31). The summed E-state index contributed by atoms with van der Waals surface area (Å²) in [5.41, 5.74) is 0. The number of hydrogen-bond donors (Lipinski definition) is 1. The number of carboxylic acids is 1. The minimum atomic E-state index is -0.650. The van der Waals surface area contributed by atoms with Crippen LogP contribution in [0.2, 0.25) is 0 Å². The average Bonchev–Trinajstić information content (AvgIpc) is 2.73. The highest BCUT2D eigenvalue weighted by Crippen LogP contribution is 2.23. The van der Waals surface area contributed by atoms with Crippen molar-refractivity contribution in [2.24, 2.45) is 11.8 Å². The predicted octanol–water partition coefficient (Wildman–Crippen LogP) is 10.3. The summed E-state index contributed by atoms with van der Waals surface area (Å²) < 4.78 is 0. The Labute approximate surface area is 196 Å². The van der Waals surface area contributed by atoms with Crippen LogP contribution in [0.4, 0.5) is 0 Å². The van der Waals surface area contributed by atoms with Gasteiger partial charge >= 0.3 is 5.97 Å². The second-order valence-corrected chi connectivity index (χ2v) is 10.5. The van der Waals surface area contributed by atoms with Gasteiger partial charge in [-0.05, 0) is 24.7 Å². The van der Waals surface area contributed by atoms with E-state index in [1.54, 1.807) is 0 Å². The number of carbonyl (C=O) groups is 1. The Kier molecular flexibility index (Phi) is 23.7. The largest absolute Gasteiger partial charge is 0.481 e. The normalized spacial score (nSPS) is 13.4. The molecular formula is C29H58O2. The van der Waals surface area contributed by atoms with Crippen LogP contribution in [-0.2, 0) is 4.79 Å². The third kappa shape index (κ3) is 25.6. The number of rotatable bonds is 25. The van der Waals surface area contributed by atoms with E-state index in [-0.39, 0.29) is 0 Å². The summed E-state index contributed by atoms with van der Waals surface area (Å²) in [5, 5.41) is 8.61. The van der Waals surface area contributed by atoms with E-state index in [9.17, 15) is 4.79 Å². The van der Waals surface area contributed by atoms with Crippen molar-refractivity contribution in [2.75, 3.05) is 0 Å². The van der Waals surface area contributed by atoms with E-state index >= 15 is 0 Å². The molecule has 0 aromatic carbocycles. The first kappa shape index (κ1) is 30.5. The predicted molar refractivity (Wildman–Crippen MR) is 138 cm³/mol. The van der Waals surface area contributed by atoms with Crippen molar-refractivity contribution in [2.45, 2.75) is 168 Å². The molecule has 186 valence electrons. The second-order valence-electron chi connectivity index (χ2n) is 10.5. The summed E-state index contributed by atoms with van der Waals surface area (Å²) in [6, 6.07) is 0. The van der Waals surface area contributed by atoms with Gasteiger partial charge in [-0.25, -0.2) is 0 Å². The fraction of sp³-hybridized carbons (Fsp3) is 0.966. The van der Waals surface area contributed by atoms with Crippen LogP contribution in [-0.4, -0.2) is 11.1 Å². The highest BCUT2D eigenvalue weighted by atomic mass is 16.4. The van der Waals surface area contributed by atoms with Crippen LogP contribution < -0.4 is 0 Å². The molecule has 0 aliphatic heterocycles. The molecule has 0 aromatic heterocycles. The number of hydrogen-bond acceptors (Lipinski definition) is 1. The maximum atomic E-state index is 10.4. The molecule has 0 aliphatic rings. The van der Waals surface area contributed by atoms with Gasteiger partial charge in [-0.3, -0.25) is 4.79 Å². The number of aliphatic carboxylic acids is 1. The molecule has 2 atom stereocenters. The highest BCUT2D eigenvalue weighted by Gasteiger charge is 2.08. The fourth-order valence-corrected chi connectivity index (χ4v) is 4.91. The molecule has 2 unspecified atom stereocenters. The summed E-state index contributed by atoms with van der Waals surface area (Å²) in [7, 11) is 0. The Hall–Kier alpha value is -0.530. The maximum Gasteiger partial charge on any atom is 0.303 e. The molecule has 0 fully saturated rings. The van der Waals surface area contributed by atoms with Gasteiger partial charge in [-0.15, -0.1) is 0 Å². The van der Waals surface area contributed by atoms with Crippen molar-refractivity contribution in [1.29, 1.82) is 0 Å². The first-order chi connectivity index (χ1) is 15.1. The third-order valence-electron chi connectivity index (χ3n) is 6.94. The molecule has 0 saturated heterocycles. The van der Waals surface area contributed by atoms with Crippen molar-refractivity contribution < 1.29 is 9.90 Å². The first-order valence-electron chi connectivity index (χ1n) is 14.3. The molecule has 0 aliphatic carbocycles. The Morgan fingerprint density at radius 3 is 1.23 bits per heavy atom. The molecule has 2 nitrogen and oxygen atoms in total. The van der Waals surface area contributed by atoms with Crippen LogP contribution >= 0.6 is 0 Å². The van der Waals surface area contributed by atoms with Gasteiger partial charge < -0.3 is 5.11 Å². The zero-order valence-corrected chi connectivity index (χ0v) is 21.8. The van der Waals surface area contributed by atoms with E-state index in [1.165, 1.54) is 128 Å². The van der Waals surface area contributed by atoms with E-state index in [0.717, 1.165) is 24.7 Å². The van der Waals surface area contributed by atoms with E-state index in [4.69, 9.17) is 5.11 Å². The van der Waals surface area contributed by atoms with Crippen LogP contribution in [0.1, 0.15) is 168 Å². The molecule has 31 heavy (non-hydrogen) atoms. The molecule has 0 saturated carbocycles. The first-order valence-corrected chi connectivity index (χ1v) is 14.3. The van der Waals surface area contributed by atoms with E-state index in [0.29, 0.717) is 6.42 Å². The lowest BCUT2D eigenvalue weighted by Gasteiger charge is -2.17. The molecule has 0 heterocycles. The van der Waals surface area contributed by atoms with E-state index < -0.39 is 5.97 Å². The van der Waals surface area contributed by atoms with Gasteiger partial charge in [-0.2, -0.15) is 0 Å². The Bertz CT molecular complexity index is 366. The minimum absolute atomic E-state index is 0.345. The molecule has 0 rings (SSSR count). The Balaban J connectivity index is 3.21. The molecular weight excluding hydrogens is 380 g/mol. The topological polar surface area (TPSA) is 37.3 Å². The number of unbranched alkanes of at least 4 members (excludes halogenated alkanes) is 17. The summed E-state index contributed by atoms with van der Waals surface area (Å²) in [4.78, 5) is 10.4. The van der Waals surface area contributed by atoms with Crippen molar-refractivity contribution in [3.63, 3.8) is 0 Å². The molecule has 0 aromatic rings. The zero-order chi connectivity index (χ0) is 23.0. The monoisotopic (exact) mass is 438 g/mol. The molecule has 0 amide bonds. The SMILES string of the molecule is CCCCCCC(C)CC(C)CCCCCCCCCCCCCCCCCC(=O)O. The summed E-state index contributed by atoms with van der Waals surface area (Å²) >= 11 is 0. The van der Waals surface area contributed by atoms with E-state index in [1.807, 2.05) is 0 Å². The van der Waals surface area contributed by atoms with Crippen molar-refractivity contribution in [3.05, 3.63) is 0 Å². The molecule has 0 spiro atoms. The molecule has 1 N–H and O–H groups in total. The third-order valence-corrected chi connectivity index (χ3v) is 6.94. The van der Waals surface area contributed by atoms with Crippen LogP contribution in [0.3, 0.4) is 0 Å². The van der Waals surface area contributed by atoms with Crippen molar-refractivity contribution >= 4 is 5.97 Å². The lowest BCUT2D eigenvalue weighted by Crippen LogP contribution is -2.03. The summed E-state index contributed by atoms with van der Waals surface area (Å²) in [6.45, 7) is 7.24. The van der Waals surface area contributed by atoms with Crippen LogP contribution in [0.5, 0.6) is 0 Å². The summed E-state index contributed by atoms with van der Waals surface area (Å²) in [6.07, 6.45) is 30.3. The van der Waals surface area contributed by atoms with Gasteiger partial charge in [0.2, 0.25) is 0 Å². The minimum Gasteiger partial charge on any atom is -0.481 e. The maximum absolute atomic E-state index is 10.4. The molecule has 0 bridgehead atoms. The van der Waals surface area contributed by atoms with Gasteiger partial charge in [0.05, 0.1) is 0 Å². The van der Waals surface area contributed by atoms with Gasteiger partial charge in [0, 0.05) is 6.42 Å². The lowest BCUT2D eigenvalue weighted by molar-refractivity contribution is -0.137. The number of carboxylic acid groups (broad SMARTS) is 1.